The molecule has 94 valence electrons. The zero-order valence-electron chi connectivity index (χ0n) is 10.2. The van der Waals surface area contributed by atoms with E-state index in [2.05, 4.69) is 0 Å². The van der Waals surface area contributed by atoms with E-state index >= 15 is 0 Å². The first-order chi connectivity index (χ1) is 7.99. The van der Waals surface area contributed by atoms with Crippen LogP contribution in [0.25, 0.3) is 0 Å². The van der Waals surface area contributed by atoms with Gasteiger partial charge in [0.25, 0.3) is 17.2 Å². The van der Waals surface area contributed by atoms with E-state index in [0.717, 1.165) is 11.4 Å². The standard InChI is InChI=1S/C12H17O4S/c1-4-16-17(13,14)10(2)9-11-5-7-12(15-3)8-6-11/h5-10H,4H2,1-3H3/q+1. The third-order valence-electron chi connectivity index (χ3n) is 2.28. The second-order valence-electron chi connectivity index (χ2n) is 3.54. The molecule has 0 spiro atoms. The molecule has 0 aromatic rings. The molecule has 0 saturated heterocycles. The Kier molecular flexibility index (Phi) is 4.84. The minimum Gasteiger partial charge on any atom is -0.270 e. The first-order valence-electron chi connectivity index (χ1n) is 5.36. The van der Waals surface area contributed by atoms with Crippen molar-refractivity contribution in [2.45, 2.75) is 19.1 Å². The predicted molar refractivity (Wildman–Crippen MR) is 67.3 cm³/mol. The summed E-state index contributed by atoms with van der Waals surface area (Å²) in [6.07, 6.45) is 8.82. The lowest BCUT2D eigenvalue weighted by atomic mass is 10.1. The van der Waals surface area contributed by atoms with Crippen molar-refractivity contribution in [2.75, 3.05) is 13.7 Å². The van der Waals surface area contributed by atoms with Crippen LogP contribution in [0.4, 0.5) is 0 Å². The van der Waals surface area contributed by atoms with E-state index in [1.807, 2.05) is 0 Å². The van der Waals surface area contributed by atoms with Gasteiger partial charge in [0.05, 0.1) is 6.61 Å². The second-order valence-corrected chi connectivity index (χ2v) is 5.51. The Balaban J connectivity index is 2.82. The Labute approximate surface area is 102 Å². The molecular formula is C12H17O4S+. The third-order valence-corrected chi connectivity index (χ3v) is 3.89. The lowest BCUT2D eigenvalue weighted by molar-refractivity contribution is -0.417. The average molecular weight is 257 g/mol. The largest absolute Gasteiger partial charge is 0.343 e. The molecule has 0 radical (unpaired) electrons. The highest BCUT2D eigenvalue weighted by molar-refractivity contribution is 7.87. The minimum absolute atomic E-state index is 0.156. The van der Waals surface area contributed by atoms with Crippen LogP contribution in [0.2, 0.25) is 0 Å². The summed E-state index contributed by atoms with van der Waals surface area (Å²) in [5.74, 6) is 0.738. The SMILES string of the molecule is CCOS(=O)(=O)C(C)C=C1C=CC(=[O+]C)C=C1. The maximum absolute atomic E-state index is 11.6. The maximum atomic E-state index is 11.6. The van der Waals surface area contributed by atoms with E-state index in [-0.39, 0.29) is 6.61 Å². The Hall–Kier alpha value is -1.20. The van der Waals surface area contributed by atoms with Gasteiger partial charge in [-0.3, -0.25) is 8.61 Å². The van der Waals surface area contributed by atoms with Gasteiger partial charge in [-0.05, 0) is 31.6 Å². The quantitative estimate of drug-likeness (QED) is 0.567. The van der Waals surface area contributed by atoms with Crippen LogP contribution in [0, 0.1) is 0 Å². The molecule has 0 fully saturated rings. The van der Waals surface area contributed by atoms with Crippen molar-refractivity contribution in [3.05, 3.63) is 36.0 Å². The molecule has 0 aliphatic heterocycles. The molecule has 0 bridgehead atoms. The van der Waals surface area contributed by atoms with Crippen molar-refractivity contribution in [3.63, 3.8) is 0 Å². The van der Waals surface area contributed by atoms with E-state index in [1.165, 1.54) is 0 Å². The van der Waals surface area contributed by atoms with Crippen LogP contribution < -0.4 is 0 Å². The van der Waals surface area contributed by atoms with Crippen LogP contribution in [-0.2, 0) is 18.7 Å². The summed E-state index contributed by atoms with van der Waals surface area (Å²) in [5, 5.41) is -0.671. The zero-order chi connectivity index (χ0) is 12.9. The fraction of sp³-hybridized carbons (Fsp3) is 0.417. The summed E-state index contributed by atoms with van der Waals surface area (Å²) >= 11 is 0. The van der Waals surface area contributed by atoms with E-state index in [1.54, 1.807) is 51.3 Å². The number of carbonyl (C=O) groups excluding carboxylic acids is 1. The van der Waals surface area contributed by atoms with Gasteiger partial charge in [0.15, 0.2) is 0 Å². The van der Waals surface area contributed by atoms with E-state index in [4.69, 9.17) is 8.61 Å². The van der Waals surface area contributed by atoms with Gasteiger partial charge in [0.2, 0.25) is 0 Å². The van der Waals surface area contributed by atoms with Crippen molar-refractivity contribution < 1.29 is 17.0 Å². The zero-order valence-corrected chi connectivity index (χ0v) is 11.0. The van der Waals surface area contributed by atoms with Gasteiger partial charge >= 0.3 is 5.78 Å². The van der Waals surface area contributed by atoms with E-state index < -0.39 is 15.4 Å². The summed E-state index contributed by atoms with van der Waals surface area (Å²) < 4.78 is 32.9. The molecular weight excluding hydrogens is 240 g/mol. The molecule has 17 heavy (non-hydrogen) atoms. The predicted octanol–water partition coefficient (Wildman–Crippen LogP) is 1.53. The lowest BCUT2D eigenvalue weighted by Gasteiger charge is -2.08. The van der Waals surface area contributed by atoms with Crippen molar-refractivity contribution in [2.24, 2.45) is 0 Å². The molecule has 0 saturated carbocycles. The monoisotopic (exact) mass is 257 g/mol. The van der Waals surface area contributed by atoms with E-state index in [9.17, 15) is 8.42 Å². The highest BCUT2D eigenvalue weighted by atomic mass is 32.2. The molecule has 4 nitrogen and oxygen atoms in total. The van der Waals surface area contributed by atoms with Crippen molar-refractivity contribution >= 4 is 15.9 Å². The Morgan fingerprint density at radius 2 is 1.94 bits per heavy atom. The van der Waals surface area contributed by atoms with Crippen LogP contribution in [0.1, 0.15) is 13.8 Å². The van der Waals surface area contributed by atoms with Crippen molar-refractivity contribution in [1.29, 1.82) is 0 Å². The first kappa shape index (κ1) is 13.9. The Bertz CT molecular complexity index is 463. The molecule has 0 aromatic carbocycles. The fourth-order valence-electron chi connectivity index (χ4n) is 1.34. The second kappa shape index (κ2) is 5.93. The smallest absolute Gasteiger partial charge is 0.270 e. The molecule has 0 heterocycles. The highest BCUT2D eigenvalue weighted by Crippen LogP contribution is 2.12. The lowest BCUT2D eigenvalue weighted by Crippen LogP contribution is -2.18. The summed E-state index contributed by atoms with van der Waals surface area (Å²) in [6.45, 7) is 3.40. The van der Waals surface area contributed by atoms with Gasteiger partial charge in [-0.2, -0.15) is 8.42 Å². The summed E-state index contributed by atoms with van der Waals surface area (Å²) in [4.78, 5) is 0. The number of allylic oxidation sites excluding steroid dienone is 5. The molecule has 0 N–H and O–H groups in total. The van der Waals surface area contributed by atoms with Gasteiger partial charge in [-0.25, -0.2) is 0 Å². The molecule has 0 amide bonds. The first-order valence-corrected chi connectivity index (χ1v) is 6.84. The highest BCUT2D eigenvalue weighted by Gasteiger charge is 2.19. The minimum atomic E-state index is -3.51. The van der Waals surface area contributed by atoms with Crippen LogP contribution in [0.5, 0.6) is 0 Å². The maximum Gasteiger partial charge on any atom is 0.343 e. The van der Waals surface area contributed by atoms with Crippen LogP contribution in [0.15, 0.2) is 36.0 Å². The number of hydrogen-bond acceptors (Lipinski definition) is 3. The average Bonchev–Trinajstić information content (AvgIpc) is 2.30. The van der Waals surface area contributed by atoms with Gasteiger partial charge < -0.3 is 0 Å². The van der Waals surface area contributed by atoms with Crippen molar-refractivity contribution in [1.82, 2.24) is 0 Å². The number of rotatable bonds is 4. The molecule has 1 rings (SSSR count). The number of hydrogen-bond donors (Lipinski definition) is 0. The van der Waals surface area contributed by atoms with Gasteiger partial charge in [-0.1, -0.05) is 6.08 Å². The van der Waals surface area contributed by atoms with Gasteiger partial charge in [0, 0.05) is 12.2 Å². The Morgan fingerprint density at radius 3 is 2.41 bits per heavy atom. The van der Waals surface area contributed by atoms with E-state index in [0.29, 0.717) is 0 Å². The normalized spacial score (nSPS) is 17.1. The summed E-state index contributed by atoms with van der Waals surface area (Å²) in [7, 11) is -1.93. The molecule has 1 aliphatic carbocycles. The van der Waals surface area contributed by atoms with Crippen molar-refractivity contribution in [3.8, 4) is 0 Å². The summed E-state index contributed by atoms with van der Waals surface area (Å²) in [6, 6.07) is 0. The molecule has 1 atom stereocenters. The number of ketones is 1. The van der Waals surface area contributed by atoms with Crippen LogP contribution in [-0.4, -0.2) is 33.2 Å². The molecule has 1 unspecified atom stereocenters. The van der Waals surface area contributed by atoms with Gasteiger partial charge in [0.1, 0.15) is 5.25 Å². The topological polar surface area (TPSA) is 54.7 Å². The van der Waals surface area contributed by atoms with Crippen LogP contribution in [0.3, 0.4) is 0 Å². The summed E-state index contributed by atoms with van der Waals surface area (Å²) in [5.41, 5.74) is 0.821. The van der Waals surface area contributed by atoms with Crippen LogP contribution >= 0.6 is 0 Å². The Morgan fingerprint density at radius 1 is 1.35 bits per heavy atom. The fourth-order valence-corrected chi connectivity index (χ4v) is 2.21. The molecule has 0 aromatic heterocycles. The molecule has 1 aliphatic rings. The molecule has 5 heteroatoms. The third kappa shape index (κ3) is 3.94. The van der Waals surface area contributed by atoms with Gasteiger partial charge in [-0.15, -0.1) is 0 Å².